The first-order valence-electron chi connectivity index (χ1n) is 7.97. The molecule has 6 nitrogen and oxygen atoms in total. The summed E-state index contributed by atoms with van der Waals surface area (Å²) in [5, 5.41) is 9.63. The lowest BCUT2D eigenvalue weighted by molar-refractivity contribution is 0.145. The number of sulfonamides is 1. The lowest BCUT2D eigenvalue weighted by Crippen LogP contribution is -2.39. The molecule has 3 heterocycles. The molecule has 122 valence electrons. The van der Waals surface area contributed by atoms with Crippen LogP contribution in [0.2, 0.25) is 0 Å². The van der Waals surface area contributed by atoms with Crippen LogP contribution in [0, 0.1) is 0 Å². The molecular formula is C15H23N3O3S. The van der Waals surface area contributed by atoms with Crippen LogP contribution in [0.4, 0.5) is 5.82 Å². The summed E-state index contributed by atoms with van der Waals surface area (Å²) >= 11 is 0. The fourth-order valence-electron chi connectivity index (χ4n) is 3.14. The normalized spacial score (nSPS) is 22.0. The van der Waals surface area contributed by atoms with Crippen molar-refractivity contribution in [2.75, 3.05) is 31.1 Å². The van der Waals surface area contributed by atoms with E-state index in [1.165, 1.54) is 0 Å². The topological polar surface area (TPSA) is 73.7 Å². The molecule has 7 heteroatoms. The molecular weight excluding hydrogens is 302 g/mol. The highest BCUT2D eigenvalue weighted by atomic mass is 32.2. The van der Waals surface area contributed by atoms with Crippen LogP contribution in [-0.2, 0) is 10.0 Å². The van der Waals surface area contributed by atoms with E-state index in [4.69, 9.17) is 0 Å². The first-order chi connectivity index (χ1) is 10.6. The van der Waals surface area contributed by atoms with Crippen molar-refractivity contribution in [3.8, 4) is 0 Å². The molecule has 0 aliphatic carbocycles. The van der Waals surface area contributed by atoms with Crippen LogP contribution in [0.5, 0.6) is 0 Å². The molecule has 0 radical (unpaired) electrons. The van der Waals surface area contributed by atoms with Gasteiger partial charge >= 0.3 is 0 Å². The molecule has 1 N–H and O–H groups in total. The Morgan fingerprint density at radius 2 is 1.77 bits per heavy atom. The first-order valence-corrected chi connectivity index (χ1v) is 9.41. The summed E-state index contributed by atoms with van der Waals surface area (Å²) in [7, 11) is -3.49. The second-order valence-corrected chi connectivity index (χ2v) is 7.91. The summed E-state index contributed by atoms with van der Waals surface area (Å²) in [6.45, 7) is 2.46. The summed E-state index contributed by atoms with van der Waals surface area (Å²) in [5.74, 6) is 0.528. The molecule has 3 rings (SSSR count). The number of anilines is 1. The molecule has 0 unspecified atom stereocenters. The third kappa shape index (κ3) is 3.11. The van der Waals surface area contributed by atoms with Gasteiger partial charge in [0, 0.05) is 32.4 Å². The zero-order valence-corrected chi connectivity index (χ0v) is 13.5. The number of aliphatic hydroxyl groups is 1. The number of aliphatic hydroxyl groups excluding tert-OH is 1. The van der Waals surface area contributed by atoms with Crippen molar-refractivity contribution in [2.24, 2.45) is 0 Å². The van der Waals surface area contributed by atoms with Crippen LogP contribution in [-0.4, -0.2) is 55.1 Å². The van der Waals surface area contributed by atoms with Crippen LogP contribution in [0.25, 0.3) is 0 Å². The smallest absolute Gasteiger partial charge is 0.246 e. The molecule has 0 bridgehead atoms. The predicted octanol–water partition coefficient (Wildman–Crippen LogP) is 1.22. The average molecular weight is 325 g/mol. The van der Waals surface area contributed by atoms with Crippen molar-refractivity contribution < 1.29 is 13.5 Å². The molecule has 1 aromatic heterocycles. The fourth-order valence-corrected chi connectivity index (χ4v) is 4.82. The van der Waals surface area contributed by atoms with Gasteiger partial charge in [-0.25, -0.2) is 13.4 Å². The fraction of sp³-hybridized carbons (Fsp3) is 0.667. The van der Waals surface area contributed by atoms with Crippen molar-refractivity contribution >= 4 is 15.8 Å². The van der Waals surface area contributed by atoms with Crippen LogP contribution >= 0.6 is 0 Å². The minimum Gasteiger partial charge on any atom is -0.393 e. The highest BCUT2D eigenvalue weighted by molar-refractivity contribution is 7.89. The SMILES string of the molecule is O=S(=O)(c1cccnc1N1CCC(O)CC1)N1CCCCC1. The maximum atomic E-state index is 12.9. The van der Waals surface area contributed by atoms with Gasteiger partial charge in [0.2, 0.25) is 10.0 Å². The maximum Gasteiger partial charge on any atom is 0.246 e. The van der Waals surface area contributed by atoms with Crippen molar-refractivity contribution in [1.29, 1.82) is 0 Å². The molecule has 2 aliphatic heterocycles. The molecule has 0 spiro atoms. The third-order valence-electron chi connectivity index (χ3n) is 4.45. The lowest BCUT2D eigenvalue weighted by Gasteiger charge is -2.33. The number of aromatic nitrogens is 1. The Hall–Kier alpha value is -1.18. The maximum absolute atomic E-state index is 12.9. The van der Waals surface area contributed by atoms with Crippen molar-refractivity contribution in [2.45, 2.75) is 43.1 Å². The molecule has 22 heavy (non-hydrogen) atoms. The predicted molar refractivity (Wildman–Crippen MR) is 84.3 cm³/mol. The number of hydrogen-bond acceptors (Lipinski definition) is 5. The summed E-state index contributed by atoms with van der Waals surface area (Å²) in [4.78, 5) is 6.60. The zero-order valence-electron chi connectivity index (χ0n) is 12.7. The number of nitrogens with zero attached hydrogens (tertiary/aromatic N) is 3. The van der Waals surface area contributed by atoms with E-state index < -0.39 is 10.0 Å². The van der Waals surface area contributed by atoms with Gasteiger partial charge in [-0.3, -0.25) is 0 Å². The van der Waals surface area contributed by atoms with E-state index in [1.807, 2.05) is 4.90 Å². The largest absolute Gasteiger partial charge is 0.393 e. The van der Waals surface area contributed by atoms with E-state index in [-0.39, 0.29) is 6.10 Å². The Morgan fingerprint density at radius 3 is 2.45 bits per heavy atom. The number of pyridine rings is 1. The minimum atomic E-state index is -3.49. The van der Waals surface area contributed by atoms with E-state index in [0.29, 0.717) is 49.7 Å². The molecule has 0 atom stereocenters. The number of hydrogen-bond donors (Lipinski definition) is 1. The number of rotatable bonds is 3. The Labute approximate surface area is 131 Å². The Kier molecular flexibility index (Phi) is 4.65. The van der Waals surface area contributed by atoms with Gasteiger partial charge in [0.25, 0.3) is 0 Å². The van der Waals surface area contributed by atoms with E-state index >= 15 is 0 Å². The van der Waals surface area contributed by atoms with Gasteiger partial charge in [0.15, 0.2) is 0 Å². The molecule has 2 aliphatic rings. The molecule has 0 saturated carbocycles. The average Bonchev–Trinajstić information content (AvgIpc) is 2.56. The van der Waals surface area contributed by atoms with Crippen molar-refractivity contribution in [3.05, 3.63) is 18.3 Å². The number of piperidine rings is 2. The molecule has 1 aromatic rings. The van der Waals surface area contributed by atoms with Gasteiger partial charge in [0.05, 0.1) is 6.10 Å². The van der Waals surface area contributed by atoms with Gasteiger partial charge < -0.3 is 10.0 Å². The Bertz CT molecular complexity index is 606. The highest BCUT2D eigenvalue weighted by Gasteiger charge is 2.31. The lowest BCUT2D eigenvalue weighted by atomic mass is 10.1. The third-order valence-corrected chi connectivity index (χ3v) is 6.37. The van der Waals surface area contributed by atoms with Crippen LogP contribution in [0.3, 0.4) is 0 Å². The standard InChI is InChI=1S/C15H23N3O3S/c19-13-6-11-17(12-7-13)15-14(5-4-8-16-15)22(20,21)18-9-2-1-3-10-18/h4-5,8,13,19H,1-3,6-7,9-12H2. The second-order valence-electron chi connectivity index (χ2n) is 6.01. The van der Waals surface area contributed by atoms with Crippen LogP contribution in [0.1, 0.15) is 32.1 Å². The van der Waals surface area contributed by atoms with E-state index in [0.717, 1.165) is 19.3 Å². The summed E-state index contributed by atoms with van der Waals surface area (Å²) in [5.41, 5.74) is 0. The van der Waals surface area contributed by atoms with Gasteiger partial charge in [-0.15, -0.1) is 0 Å². The van der Waals surface area contributed by atoms with Gasteiger partial charge in [-0.2, -0.15) is 4.31 Å². The first kappa shape index (κ1) is 15.7. The Balaban J connectivity index is 1.90. The van der Waals surface area contributed by atoms with Gasteiger partial charge in [-0.05, 0) is 37.8 Å². The molecule has 2 fully saturated rings. The van der Waals surface area contributed by atoms with Crippen LogP contribution in [0.15, 0.2) is 23.2 Å². The van der Waals surface area contributed by atoms with Gasteiger partial charge in [0.1, 0.15) is 10.7 Å². The highest BCUT2D eigenvalue weighted by Crippen LogP contribution is 2.29. The van der Waals surface area contributed by atoms with Crippen LogP contribution < -0.4 is 4.90 Å². The molecule has 0 amide bonds. The Morgan fingerprint density at radius 1 is 1.09 bits per heavy atom. The quantitative estimate of drug-likeness (QED) is 0.904. The van der Waals surface area contributed by atoms with Crippen molar-refractivity contribution in [1.82, 2.24) is 9.29 Å². The molecule has 0 aromatic carbocycles. The van der Waals surface area contributed by atoms with E-state index in [9.17, 15) is 13.5 Å². The van der Waals surface area contributed by atoms with E-state index in [1.54, 1.807) is 22.6 Å². The van der Waals surface area contributed by atoms with E-state index in [2.05, 4.69) is 4.98 Å². The minimum absolute atomic E-state index is 0.290. The summed E-state index contributed by atoms with van der Waals surface area (Å²) in [6, 6.07) is 3.33. The summed E-state index contributed by atoms with van der Waals surface area (Å²) < 4.78 is 27.4. The monoisotopic (exact) mass is 325 g/mol. The van der Waals surface area contributed by atoms with Gasteiger partial charge in [-0.1, -0.05) is 6.42 Å². The van der Waals surface area contributed by atoms with Crippen molar-refractivity contribution in [3.63, 3.8) is 0 Å². The summed E-state index contributed by atoms with van der Waals surface area (Å²) in [6.07, 6.45) is 5.59. The zero-order chi connectivity index (χ0) is 15.6. The second kappa shape index (κ2) is 6.52. The molecule has 2 saturated heterocycles.